The van der Waals surface area contributed by atoms with E-state index in [4.69, 9.17) is 0 Å². The van der Waals surface area contributed by atoms with Gasteiger partial charge in [0.1, 0.15) is 5.82 Å². The maximum atomic E-state index is 13.1. The Hall–Kier alpha value is -0.900. The smallest absolute Gasteiger partial charge is 0.306 e. The highest BCUT2D eigenvalue weighted by Crippen LogP contribution is 2.37. The number of nitrogens with one attached hydrogen (secondary N) is 1. The highest BCUT2D eigenvalue weighted by atomic mass is 127. The van der Waals surface area contributed by atoms with Crippen LogP contribution in [0.15, 0.2) is 27.5 Å². The molecule has 1 aromatic heterocycles. The molecule has 0 radical (unpaired) electrons. The Morgan fingerprint density at radius 1 is 1.35 bits per heavy atom. The van der Waals surface area contributed by atoms with Gasteiger partial charge in [-0.15, -0.1) is 0 Å². The zero-order valence-corrected chi connectivity index (χ0v) is 13.7. The number of hydrogen-bond donors (Lipinski definition) is 1. The first-order chi connectivity index (χ1) is 9.20. The summed E-state index contributed by atoms with van der Waals surface area (Å²) in [6.45, 7) is 1.58. The molecule has 0 aliphatic heterocycles. The predicted molar refractivity (Wildman–Crippen MR) is 80.4 cm³/mol. The molecule has 0 aliphatic carbocycles. The molecule has 0 spiro atoms. The molecule has 0 aliphatic rings. The van der Waals surface area contributed by atoms with Crippen LogP contribution < -0.4 is 5.56 Å². The average Bonchev–Trinajstić information content (AvgIpc) is 2.34. The molecule has 0 bridgehead atoms. The van der Waals surface area contributed by atoms with Crippen molar-refractivity contribution in [2.24, 2.45) is 0 Å². The van der Waals surface area contributed by atoms with Crippen LogP contribution in [-0.4, -0.2) is 9.97 Å². The summed E-state index contributed by atoms with van der Waals surface area (Å²) in [4.78, 5) is 18.1. The van der Waals surface area contributed by atoms with E-state index in [1.807, 2.05) is 0 Å². The lowest BCUT2D eigenvalue weighted by molar-refractivity contribution is -0.137. The zero-order valence-electron chi connectivity index (χ0n) is 9.98. The lowest BCUT2D eigenvalue weighted by atomic mass is 10.1. The van der Waals surface area contributed by atoms with Gasteiger partial charge in [-0.05, 0) is 47.7 Å². The van der Waals surface area contributed by atoms with Gasteiger partial charge in [0.05, 0.1) is 14.8 Å². The van der Waals surface area contributed by atoms with Crippen LogP contribution in [-0.2, 0) is 6.18 Å². The van der Waals surface area contributed by atoms with E-state index in [2.05, 4.69) is 25.9 Å². The molecule has 2 aromatic rings. The number of rotatable bonds is 1. The van der Waals surface area contributed by atoms with Crippen molar-refractivity contribution in [2.45, 2.75) is 13.1 Å². The van der Waals surface area contributed by atoms with Crippen LogP contribution in [0.5, 0.6) is 0 Å². The third-order valence-corrected chi connectivity index (χ3v) is 4.33. The van der Waals surface area contributed by atoms with Crippen LogP contribution >= 0.6 is 38.5 Å². The van der Waals surface area contributed by atoms with Crippen LogP contribution in [0.3, 0.4) is 0 Å². The summed E-state index contributed by atoms with van der Waals surface area (Å²) in [6.07, 6.45) is -4.53. The van der Waals surface area contributed by atoms with Gasteiger partial charge < -0.3 is 4.98 Å². The maximum absolute atomic E-state index is 13.1. The number of aromatic amines is 1. The van der Waals surface area contributed by atoms with Crippen molar-refractivity contribution in [3.8, 4) is 11.4 Å². The summed E-state index contributed by atoms with van der Waals surface area (Å²) in [6, 6.07) is 3.71. The summed E-state index contributed by atoms with van der Waals surface area (Å²) >= 11 is 4.81. The Labute approximate surface area is 133 Å². The molecule has 1 N–H and O–H groups in total. The molecule has 2 rings (SSSR count). The topological polar surface area (TPSA) is 45.8 Å². The summed E-state index contributed by atoms with van der Waals surface area (Å²) in [7, 11) is 0. The van der Waals surface area contributed by atoms with Gasteiger partial charge in [-0.25, -0.2) is 4.98 Å². The second-order valence-corrected chi connectivity index (χ2v) is 6.00. The third-order valence-electron chi connectivity index (χ3n) is 2.57. The van der Waals surface area contributed by atoms with Crippen molar-refractivity contribution in [3.63, 3.8) is 0 Å². The number of hydrogen-bond acceptors (Lipinski definition) is 2. The van der Waals surface area contributed by atoms with E-state index >= 15 is 0 Å². The number of benzene rings is 1. The summed E-state index contributed by atoms with van der Waals surface area (Å²) in [5, 5.41) is 0. The molecule has 1 heterocycles. The minimum atomic E-state index is -4.53. The molecule has 0 amide bonds. The molecule has 0 fully saturated rings. The van der Waals surface area contributed by atoms with Crippen molar-refractivity contribution in [1.29, 1.82) is 0 Å². The largest absolute Gasteiger partial charge is 0.417 e. The van der Waals surface area contributed by atoms with Gasteiger partial charge in [0, 0.05) is 10.0 Å². The van der Waals surface area contributed by atoms with E-state index in [1.54, 1.807) is 29.5 Å². The van der Waals surface area contributed by atoms with E-state index in [9.17, 15) is 18.0 Å². The molecular formula is C12H7BrF3IN2O. The number of aromatic nitrogens is 2. The van der Waals surface area contributed by atoms with Crippen LogP contribution in [0.4, 0.5) is 13.2 Å². The van der Waals surface area contributed by atoms with E-state index in [-0.39, 0.29) is 11.4 Å². The Bertz CT molecular complexity index is 728. The van der Waals surface area contributed by atoms with Gasteiger partial charge in [0.25, 0.3) is 5.56 Å². The van der Waals surface area contributed by atoms with Crippen molar-refractivity contribution in [1.82, 2.24) is 9.97 Å². The molecule has 1 aromatic carbocycles. The molecule has 0 unspecified atom stereocenters. The first-order valence-electron chi connectivity index (χ1n) is 5.33. The lowest BCUT2D eigenvalue weighted by Gasteiger charge is -2.13. The lowest BCUT2D eigenvalue weighted by Crippen LogP contribution is -2.16. The number of H-pyrrole nitrogens is 1. The summed E-state index contributed by atoms with van der Waals surface area (Å²) < 4.78 is 39.8. The fourth-order valence-electron chi connectivity index (χ4n) is 1.66. The molecule has 106 valence electrons. The number of alkyl halides is 3. The van der Waals surface area contributed by atoms with Gasteiger partial charge >= 0.3 is 6.18 Å². The van der Waals surface area contributed by atoms with E-state index in [1.165, 1.54) is 12.1 Å². The summed E-state index contributed by atoms with van der Waals surface area (Å²) in [5.74, 6) is -0.0901. The number of nitrogens with zero attached hydrogens (tertiary/aromatic N) is 1. The Morgan fingerprint density at radius 2 is 2.00 bits per heavy atom. The Balaban J connectivity index is 2.74. The molecule has 0 saturated carbocycles. The van der Waals surface area contributed by atoms with Gasteiger partial charge in [-0.3, -0.25) is 4.79 Å². The van der Waals surface area contributed by atoms with Gasteiger partial charge in [-0.1, -0.05) is 15.9 Å². The second kappa shape index (κ2) is 5.47. The highest BCUT2D eigenvalue weighted by Gasteiger charge is 2.34. The highest BCUT2D eigenvalue weighted by molar-refractivity contribution is 14.1. The fourth-order valence-corrected chi connectivity index (χ4v) is 2.27. The number of halogens is 5. The summed E-state index contributed by atoms with van der Waals surface area (Å²) in [5.41, 5.74) is -1.07. The first-order valence-corrected chi connectivity index (χ1v) is 7.21. The van der Waals surface area contributed by atoms with Crippen molar-refractivity contribution >= 4 is 38.5 Å². The standard InChI is InChI=1S/C12H7BrF3IN2O/c1-5-9(17)11(20)19-10(18-5)7-3-2-6(13)4-8(7)12(14,15)16/h2-4H,1H3,(H,18,19,20). The van der Waals surface area contributed by atoms with Crippen LogP contribution in [0.25, 0.3) is 11.4 Å². The average molecular weight is 459 g/mol. The molecule has 8 heteroatoms. The van der Waals surface area contributed by atoms with Gasteiger partial charge in [-0.2, -0.15) is 13.2 Å². The molecule has 20 heavy (non-hydrogen) atoms. The van der Waals surface area contributed by atoms with E-state index in [0.717, 1.165) is 6.07 Å². The predicted octanol–water partition coefficient (Wildman–Crippen LogP) is 4.13. The Morgan fingerprint density at radius 3 is 2.55 bits per heavy atom. The third kappa shape index (κ3) is 3.05. The van der Waals surface area contributed by atoms with Crippen molar-refractivity contribution < 1.29 is 13.2 Å². The second-order valence-electron chi connectivity index (χ2n) is 4.00. The zero-order chi connectivity index (χ0) is 15.1. The minimum absolute atomic E-state index is 0.0901. The fraction of sp³-hybridized carbons (Fsp3) is 0.167. The van der Waals surface area contributed by atoms with Gasteiger partial charge in [0.15, 0.2) is 0 Å². The molecular weight excluding hydrogens is 452 g/mol. The SMILES string of the molecule is Cc1nc(-c2ccc(Br)cc2C(F)(F)F)[nH]c(=O)c1I. The monoisotopic (exact) mass is 458 g/mol. The Kier molecular flexibility index (Phi) is 4.24. The minimum Gasteiger partial charge on any atom is -0.306 e. The molecule has 3 nitrogen and oxygen atoms in total. The van der Waals surface area contributed by atoms with E-state index in [0.29, 0.717) is 13.7 Å². The van der Waals surface area contributed by atoms with Crippen molar-refractivity contribution in [2.75, 3.05) is 0 Å². The van der Waals surface area contributed by atoms with Crippen LogP contribution in [0, 0.1) is 10.5 Å². The maximum Gasteiger partial charge on any atom is 0.417 e. The van der Waals surface area contributed by atoms with E-state index < -0.39 is 17.3 Å². The molecule has 0 saturated heterocycles. The van der Waals surface area contributed by atoms with Crippen molar-refractivity contribution in [3.05, 3.63) is 47.9 Å². The normalized spacial score (nSPS) is 11.7. The van der Waals surface area contributed by atoms with Gasteiger partial charge in [0.2, 0.25) is 0 Å². The van der Waals surface area contributed by atoms with Crippen LogP contribution in [0.1, 0.15) is 11.3 Å². The quantitative estimate of drug-likeness (QED) is 0.653. The molecule has 0 atom stereocenters. The number of aryl methyl sites for hydroxylation is 1. The van der Waals surface area contributed by atoms with Crippen LogP contribution in [0.2, 0.25) is 0 Å². The first kappa shape index (κ1) is 15.5.